The fourth-order valence-corrected chi connectivity index (χ4v) is 2.78. The predicted octanol–water partition coefficient (Wildman–Crippen LogP) is 6.79. The average Bonchev–Trinajstić information content (AvgIpc) is 2.54. The van der Waals surface area contributed by atoms with E-state index in [4.69, 9.17) is 4.84 Å². The van der Waals surface area contributed by atoms with Gasteiger partial charge >= 0.3 is 0 Å². The monoisotopic (exact) mass is 313 g/mol. The Morgan fingerprint density at radius 2 is 0.909 bits per heavy atom. The van der Waals surface area contributed by atoms with Crippen LogP contribution in [-0.4, -0.2) is 13.2 Å². The minimum atomic E-state index is 0.881. The number of hydroxylamine groups is 1. The third-order valence-electron chi connectivity index (χ3n) is 4.33. The second kappa shape index (κ2) is 20.9. The van der Waals surface area contributed by atoms with Crippen molar-refractivity contribution in [2.45, 2.75) is 117 Å². The van der Waals surface area contributed by atoms with Gasteiger partial charge in [0.2, 0.25) is 0 Å². The van der Waals surface area contributed by atoms with Gasteiger partial charge in [-0.05, 0) is 12.8 Å². The van der Waals surface area contributed by atoms with Crippen LogP contribution >= 0.6 is 0 Å². The van der Waals surface area contributed by atoms with Gasteiger partial charge < -0.3 is 4.84 Å². The zero-order chi connectivity index (χ0) is 16.1. The number of hydrogen-bond donors (Lipinski definition) is 1. The average molecular weight is 314 g/mol. The van der Waals surface area contributed by atoms with E-state index in [1.54, 1.807) is 0 Å². The summed E-state index contributed by atoms with van der Waals surface area (Å²) in [5.74, 6) is 0. The first kappa shape index (κ1) is 21.9. The molecule has 0 spiro atoms. The van der Waals surface area contributed by atoms with Crippen molar-refractivity contribution in [3.8, 4) is 0 Å². The SMILES string of the molecule is CCCCCCCCCCNOCCCCCCCCCC. The fraction of sp³-hybridized carbons (Fsp3) is 1.00. The molecule has 0 aromatic carbocycles. The van der Waals surface area contributed by atoms with Crippen molar-refractivity contribution in [2.75, 3.05) is 13.2 Å². The summed E-state index contributed by atoms with van der Waals surface area (Å²) < 4.78 is 0. The molecule has 22 heavy (non-hydrogen) atoms. The third kappa shape index (κ3) is 19.9. The van der Waals surface area contributed by atoms with Gasteiger partial charge in [0, 0.05) is 6.54 Å². The Bertz CT molecular complexity index is 165. The zero-order valence-corrected chi connectivity index (χ0v) is 15.6. The lowest BCUT2D eigenvalue weighted by Gasteiger charge is -2.06. The number of hydrogen-bond acceptors (Lipinski definition) is 2. The molecule has 0 aliphatic heterocycles. The largest absolute Gasteiger partial charge is 0.302 e. The van der Waals surface area contributed by atoms with Gasteiger partial charge in [-0.1, -0.05) is 104 Å². The van der Waals surface area contributed by atoms with E-state index in [9.17, 15) is 0 Å². The molecule has 0 bridgehead atoms. The molecule has 0 atom stereocenters. The van der Waals surface area contributed by atoms with Crippen molar-refractivity contribution in [1.29, 1.82) is 0 Å². The maximum atomic E-state index is 5.49. The third-order valence-corrected chi connectivity index (χ3v) is 4.33. The van der Waals surface area contributed by atoms with Crippen LogP contribution in [0, 0.1) is 0 Å². The summed E-state index contributed by atoms with van der Waals surface area (Å²) in [5, 5.41) is 0. The molecule has 134 valence electrons. The Balaban J connectivity index is 2.91. The van der Waals surface area contributed by atoms with Crippen LogP contribution in [0.15, 0.2) is 0 Å². The van der Waals surface area contributed by atoms with Crippen LogP contribution in [0.3, 0.4) is 0 Å². The second-order valence-corrected chi connectivity index (χ2v) is 6.69. The van der Waals surface area contributed by atoms with Crippen molar-refractivity contribution >= 4 is 0 Å². The molecular weight excluding hydrogens is 270 g/mol. The predicted molar refractivity (Wildman–Crippen MR) is 99.2 cm³/mol. The molecule has 0 saturated carbocycles. The Kier molecular flexibility index (Phi) is 20.8. The molecule has 0 heterocycles. The summed E-state index contributed by atoms with van der Waals surface area (Å²) in [7, 11) is 0. The molecule has 0 aliphatic carbocycles. The molecule has 0 fully saturated rings. The molecular formula is C20H43NO. The van der Waals surface area contributed by atoms with Crippen molar-refractivity contribution < 1.29 is 4.84 Å². The number of nitrogens with one attached hydrogen (secondary N) is 1. The van der Waals surface area contributed by atoms with E-state index in [1.165, 1.54) is 103 Å². The molecule has 0 rings (SSSR count). The van der Waals surface area contributed by atoms with E-state index < -0.39 is 0 Å². The summed E-state index contributed by atoms with van der Waals surface area (Å²) in [6, 6.07) is 0. The summed E-state index contributed by atoms with van der Waals surface area (Å²) in [5.41, 5.74) is 3.12. The normalized spacial score (nSPS) is 11.2. The van der Waals surface area contributed by atoms with Gasteiger partial charge in [-0.15, -0.1) is 0 Å². The Hall–Kier alpha value is -0.0800. The smallest absolute Gasteiger partial charge is 0.0682 e. The Labute approximate surface area is 140 Å². The molecule has 0 radical (unpaired) electrons. The van der Waals surface area contributed by atoms with E-state index in [2.05, 4.69) is 19.3 Å². The Morgan fingerprint density at radius 1 is 0.500 bits per heavy atom. The van der Waals surface area contributed by atoms with Gasteiger partial charge in [0.1, 0.15) is 0 Å². The van der Waals surface area contributed by atoms with Crippen molar-refractivity contribution in [3.05, 3.63) is 0 Å². The van der Waals surface area contributed by atoms with Crippen LogP contribution in [0.25, 0.3) is 0 Å². The van der Waals surface area contributed by atoms with E-state index in [1.807, 2.05) is 0 Å². The lowest BCUT2D eigenvalue weighted by Crippen LogP contribution is -2.16. The highest BCUT2D eigenvalue weighted by Gasteiger charge is 1.94. The summed E-state index contributed by atoms with van der Waals surface area (Å²) in [6.45, 7) is 6.45. The van der Waals surface area contributed by atoms with Crippen LogP contribution < -0.4 is 5.48 Å². The minimum absolute atomic E-state index is 0.881. The number of rotatable bonds is 19. The van der Waals surface area contributed by atoms with Gasteiger partial charge in [0.15, 0.2) is 0 Å². The van der Waals surface area contributed by atoms with E-state index in [0.717, 1.165) is 13.2 Å². The van der Waals surface area contributed by atoms with Gasteiger partial charge in [-0.2, -0.15) is 0 Å². The molecule has 0 unspecified atom stereocenters. The quantitative estimate of drug-likeness (QED) is 0.209. The molecule has 0 saturated heterocycles. The van der Waals surface area contributed by atoms with Crippen LogP contribution in [-0.2, 0) is 4.84 Å². The van der Waals surface area contributed by atoms with E-state index >= 15 is 0 Å². The minimum Gasteiger partial charge on any atom is -0.302 e. The highest BCUT2D eigenvalue weighted by Crippen LogP contribution is 2.09. The number of unbranched alkanes of at least 4 members (excludes halogenated alkanes) is 14. The first-order valence-corrected chi connectivity index (χ1v) is 10.3. The highest BCUT2D eigenvalue weighted by molar-refractivity contribution is 4.47. The standard InChI is InChI=1S/C20H43NO/c1-3-5-7-9-11-13-15-17-19-21-22-20-18-16-14-12-10-8-6-4-2/h21H,3-20H2,1-2H3. The van der Waals surface area contributed by atoms with Gasteiger partial charge in [-0.25, -0.2) is 5.48 Å². The lowest BCUT2D eigenvalue weighted by molar-refractivity contribution is 0.0376. The molecule has 1 N–H and O–H groups in total. The summed E-state index contributed by atoms with van der Waals surface area (Å²) in [4.78, 5) is 5.49. The van der Waals surface area contributed by atoms with Gasteiger partial charge in [0.25, 0.3) is 0 Å². The molecule has 0 amide bonds. The maximum Gasteiger partial charge on any atom is 0.0682 e. The van der Waals surface area contributed by atoms with Crippen LogP contribution in [0.4, 0.5) is 0 Å². The zero-order valence-electron chi connectivity index (χ0n) is 15.6. The van der Waals surface area contributed by atoms with Gasteiger partial charge in [0.05, 0.1) is 6.61 Å². The van der Waals surface area contributed by atoms with Crippen molar-refractivity contribution in [2.24, 2.45) is 0 Å². The van der Waals surface area contributed by atoms with Crippen LogP contribution in [0.1, 0.15) is 117 Å². The van der Waals surface area contributed by atoms with E-state index in [-0.39, 0.29) is 0 Å². The topological polar surface area (TPSA) is 21.3 Å². The van der Waals surface area contributed by atoms with Crippen molar-refractivity contribution in [3.63, 3.8) is 0 Å². The maximum absolute atomic E-state index is 5.49. The lowest BCUT2D eigenvalue weighted by atomic mass is 10.1. The Morgan fingerprint density at radius 3 is 1.41 bits per heavy atom. The molecule has 0 aromatic heterocycles. The molecule has 0 aliphatic rings. The van der Waals surface area contributed by atoms with Crippen molar-refractivity contribution in [1.82, 2.24) is 5.48 Å². The highest BCUT2D eigenvalue weighted by atomic mass is 16.6. The van der Waals surface area contributed by atoms with Gasteiger partial charge in [-0.3, -0.25) is 0 Å². The fourth-order valence-electron chi connectivity index (χ4n) is 2.78. The summed E-state index contributed by atoms with van der Waals surface area (Å²) in [6.07, 6.45) is 21.9. The van der Waals surface area contributed by atoms with Crippen LogP contribution in [0.2, 0.25) is 0 Å². The van der Waals surface area contributed by atoms with Crippen LogP contribution in [0.5, 0.6) is 0 Å². The first-order chi connectivity index (χ1) is 10.9. The molecule has 2 heteroatoms. The molecule has 2 nitrogen and oxygen atoms in total. The molecule has 0 aromatic rings. The summed E-state index contributed by atoms with van der Waals surface area (Å²) >= 11 is 0. The second-order valence-electron chi connectivity index (χ2n) is 6.69. The van der Waals surface area contributed by atoms with E-state index in [0.29, 0.717) is 0 Å². The first-order valence-electron chi connectivity index (χ1n) is 10.3.